The molecule has 0 spiro atoms. The smallest absolute Gasteiger partial charge is 0.245 e. The van der Waals surface area contributed by atoms with Crippen LogP contribution in [0.25, 0.3) is 10.9 Å². The molecular formula is C22H19N3O4. The van der Waals surface area contributed by atoms with Gasteiger partial charge in [0.15, 0.2) is 11.5 Å². The van der Waals surface area contributed by atoms with Crippen LogP contribution in [0.3, 0.4) is 0 Å². The van der Waals surface area contributed by atoms with Gasteiger partial charge in [-0.1, -0.05) is 24.2 Å². The zero-order chi connectivity index (χ0) is 31.0. The van der Waals surface area contributed by atoms with Crippen molar-refractivity contribution in [3.63, 3.8) is 0 Å². The van der Waals surface area contributed by atoms with Crippen molar-refractivity contribution < 1.29 is 36.9 Å². The highest BCUT2D eigenvalue weighted by molar-refractivity contribution is 5.97. The van der Waals surface area contributed by atoms with Crippen LogP contribution in [0.4, 0.5) is 0 Å². The zero-order valence-corrected chi connectivity index (χ0v) is 14.5. The molecule has 7 heteroatoms. The lowest BCUT2D eigenvalue weighted by Crippen LogP contribution is -2.62. The third kappa shape index (κ3) is 2.24. The van der Waals surface area contributed by atoms with E-state index in [1.165, 1.54) is 0 Å². The van der Waals surface area contributed by atoms with Crippen molar-refractivity contribution in [2.45, 2.75) is 18.4 Å². The van der Waals surface area contributed by atoms with Gasteiger partial charge in [-0.3, -0.25) is 9.59 Å². The Kier molecular flexibility index (Phi) is 1.61. The first-order valence-corrected chi connectivity index (χ1v) is 8.54. The lowest BCUT2D eigenvalue weighted by Gasteiger charge is -2.46. The molecule has 0 saturated carbocycles. The number of rotatable bonds is 1. The molecule has 1 aromatic heterocycles. The minimum atomic E-state index is -3.41. The van der Waals surface area contributed by atoms with E-state index < -0.39 is 109 Å². The van der Waals surface area contributed by atoms with Gasteiger partial charge in [-0.25, -0.2) is 0 Å². The minimum Gasteiger partial charge on any atom is -0.454 e. The largest absolute Gasteiger partial charge is 0.454 e. The number of likely N-dealkylation sites (N-methyl/N-ethyl adjacent to an activating group) is 1. The van der Waals surface area contributed by atoms with Gasteiger partial charge in [0.2, 0.25) is 18.6 Å². The maximum atomic E-state index is 13.8. The lowest BCUT2D eigenvalue weighted by atomic mass is 9.86. The molecule has 146 valence electrons. The molecule has 6 rings (SSSR count). The first-order chi connectivity index (χ1) is 19.4. The van der Waals surface area contributed by atoms with E-state index in [0.717, 1.165) is 0 Å². The number of amides is 2. The summed E-state index contributed by atoms with van der Waals surface area (Å²) < 4.78 is 120. The number of para-hydroxylation sites is 1. The standard InChI is InChI=1S/C22H19N3O4/c1-24-10-19(26)25-16(22(24)27)9-14-13-4-2-3-5-15(13)23-20(14)21(25)12-6-7-17-18(8-12)29-11-28-17/h2-8,16,21,23H,9-11H2,1H3/t16-,21?/m1/s1/i1D3,2D,3D,4D,5D,6D,7D,8D,9D2,16D. The number of hydrogen-bond donors (Lipinski definition) is 1. The molecule has 29 heavy (non-hydrogen) atoms. The van der Waals surface area contributed by atoms with Crippen molar-refractivity contribution in [1.82, 2.24) is 14.8 Å². The highest BCUT2D eigenvalue weighted by Crippen LogP contribution is 2.44. The Morgan fingerprint density at radius 3 is 3.00 bits per heavy atom. The van der Waals surface area contributed by atoms with Gasteiger partial charge in [0.25, 0.3) is 0 Å². The van der Waals surface area contributed by atoms with Crippen molar-refractivity contribution in [2.75, 3.05) is 20.3 Å². The van der Waals surface area contributed by atoms with E-state index in [4.69, 9.17) is 25.9 Å². The van der Waals surface area contributed by atoms with Gasteiger partial charge in [0.1, 0.15) is 6.02 Å². The van der Waals surface area contributed by atoms with E-state index in [1.54, 1.807) is 0 Å². The second kappa shape index (κ2) is 5.76. The SMILES string of the molecule is [2H]c1c([2H])c(C2c3[nH]c4c([2H])c([2H])c([2H])c([2H])c4c3C([2H])([2H])[C@]3([2H])C(=O)N(C([2H])([2H])[2H])CC(=O)N23)c([2H])c2c1OCO2. The fourth-order valence-electron chi connectivity index (χ4n) is 3.69. The minimum absolute atomic E-state index is 0.0711. The number of nitrogens with one attached hydrogen (secondary N) is 1. The highest BCUT2D eigenvalue weighted by atomic mass is 16.7. The van der Waals surface area contributed by atoms with Crippen LogP contribution in [-0.2, 0) is 16.0 Å². The summed E-state index contributed by atoms with van der Waals surface area (Å²) in [5.41, 5.74) is -1.88. The number of carbonyl (C=O) groups excluding carboxylic acids is 2. The quantitative estimate of drug-likeness (QED) is 0.677. The fraction of sp³-hybridized carbons (Fsp3) is 0.273. The number of fused-ring (bicyclic) bond motifs is 5. The van der Waals surface area contributed by atoms with Crippen molar-refractivity contribution in [2.24, 2.45) is 0 Å². The van der Waals surface area contributed by atoms with Crippen LogP contribution in [0.15, 0.2) is 42.3 Å². The summed E-state index contributed by atoms with van der Waals surface area (Å²) >= 11 is 0. The maximum absolute atomic E-state index is 13.8. The molecule has 2 amide bonds. The number of aromatic amines is 1. The Balaban J connectivity index is 1.81. The third-order valence-corrected chi connectivity index (χ3v) is 4.94. The van der Waals surface area contributed by atoms with Crippen LogP contribution >= 0.6 is 0 Å². The number of benzene rings is 2. The second-order valence-corrected chi connectivity index (χ2v) is 6.55. The summed E-state index contributed by atoms with van der Waals surface area (Å²) in [6, 6.07) is -10.0. The first-order valence-electron chi connectivity index (χ1n) is 15.0. The molecule has 3 aliphatic rings. The number of ether oxygens (including phenoxy) is 2. The molecule has 1 N–H and O–H groups in total. The van der Waals surface area contributed by atoms with Crippen molar-refractivity contribution in [3.05, 3.63) is 59.1 Å². The highest BCUT2D eigenvalue weighted by Gasteiger charge is 2.47. The average Bonchev–Trinajstić information content (AvgIpc) is 3.56. The Morgan fingerprint density at radius 1 is 1.24 bits per heavy atom. The van der Waals surface area contributed by atoms with Gasteiger partial charge in [0, 0.05) is 36.8 Å². The predicted molar refractivity (Wildman–Crippen MR) is 105 cm³/mol. The molecule has 0 radical (unpaired) electrons. The lowest BCUT2D eigenvalue weighted by molar-refractivity contribution is -0.157. The van der Waals surface area contributed by atoms with Gasteiger partial charge in [-0.05, 0) is 29.3 Å². The van der Waals surface area contributed by atoms with Gasteiger partial charge in [0.05, 0.1) is 23.6 Å². The third-order valence-electron chi connectivity index (χ3n) is 4.94. The van der Waals surface area contributed by atoms with E-state index in [1.807, 2.05) is 0 Å². The summed E-state index contributed by atoms with van der Waals surface area (Å²) in [6.45, 7) is -4.78. The maximum Gasteiger partial charge on any atom is 0.245 e. The van der Waals surface area contributed by atoms with Gasteiger partial charge < -0.3 is 24.3 Å². The number of aromatic nitrogens is 1. The average molecular weight is 402 g/mol. The van der Waals surface area contributed by atoms with E-state index in [2.05, 4.69) is 4.98 Å². The van der Waals surface area contributed by atoms with E-state index in [9.17, 15) is 11.0 Å². The second-order valence-electron chi connectivity index (χ2n) is 6.55. The molecule has 2 atom stereocenters. The van der Waals surface area contributed by atoms with E-state index in [0.29, 0.717) is 4.90 Å². The van der Waals surface area contributed by atoms with Crippen LogP contribution in [0.5, 0.6) is 11.5 Å². The van der Waals surface area contributed by atoms with Crippen LogP contribution in [0.2, 0.25) is 0 Å². The predicted octanol–water partition coefficient (Wildman–Crippen LogP) is 2.21. The van der Waals surface area contributed by atoms with Gasteiger partial charge in [-0.2, -0.15) is 0 Å². The van der Waals surface area contributed by atoms with Crippen LogP contribution < -0.4 is 9.47 Å². The molecule has 3 aromatic rings. The molecule has 7 nitrogen and oxygen atoms in total. The monoisotopic (exact) mass is 402 g/mol. The summed E-state index contributed by atoms with van der Waals surface area (Å²) in [5.74, 6) is -3.43. The number of hydrogen-bond acceptors (Lipinski definition) is 4. The number of H-pyrrole nitrogens is 1. The van der Waals surface area contributed by atoms with Gasteiger partial charge in [-0.15, -0.1) is 0 Å². The van der Waals surface area contributed by atoms with Crippen molar-refractivity contribution in [3.8, 4) is 11.5 Å². The fourth-order valence-corrected chi connectivity index (χ4v) is 3.69. The summed E-state index contributed by atoms with van der Waals surface area (Å²) in [5, 5.41) is -0.464. The Hall–Kier alpha value is -3.48. The molecular weight excluding hydrogens is 370 g/mol. The molecule has 4 heterocycles. The zero-order valence-electron chi connectivity index (χ0n) is 27.5. The summed E-state index contributed by atoms with van der Waals surface area (Å²) in [7, 11) is 0. The topological polar surface area (TPSA) is 74.9 Å². The van der Waals surface area contributed by atoms with Crippen molar-refractivity contribution in [1.29, 1.82) is 0 Å². The molecule has 0 aliphatic carbocycles. The molecule has 1 fully saturated rings. The summed E-state index contributed by atoms with van der Waals surface area (Å²) in [6.07, 6.45) is -3.31. The number of nitrogens with zero attached hydrogens (tertiary/aromatic N) is 2. The number of piperazine rings is 1. The molecule has 2 aromatic carbocycles. The molecule has 0 bridgehead atoms. The van der Waals surface area contributed by atoms with Gasteiger partial charge >= 0.3 is 0 Å². The Labute approximate surface area is 185 Å². The Bertz CT molecular complexity index is 1770. The van der Waals surface area contributed by atoms with Crippen molar-refractivity contribution >= 4 is 22.7 Å². The molecule has 1 unspecified atom stereocenters. The van der Waals surface area contributed by atoms with E-state index in [-0.39, 0.29) is 27.6 Å². The Morgan fingerprint density at radius 2 is 2.10 bits per heavy atom. The summed E-state index contributed by atoms with van der Waals surface area (Å²) in [4.78, 5) is 30.8. The molecule has 1 saturated heterocycles. The van der Waals surface area contributed by atoms with E-state index >= 15 is 0 Å². The first kappa shape index (κ1) is 8.10. The van der Waals surface area contributed by atoms with Crippen LogP contribution in [0.1, 0.15) is 40.7 Å². The van der Waals surface area contributed by atoms with Crippen LogP contribution in [-0.4, -0.2) is 52.9 Å². The normalized spacial score (nSPS) is 33.9. The van der Waals surface area contributed by atoms with Crippen LogP contribution in [0, 0.1) is 0 Å². The molecule has 3 aliphatic heterocycles. The number of carbonyl (C=O) groups is 2.